The molecule has 1 unspecified atom stereocenters. The van der Waals surface area contributed by atoms with Crippen LogP contribution in [0.4, 0.5) is 5.82 Å². The number of aliphatic carboxylic acids is 1. The summed E-state index contributed by atoms with van der Waals surface area (Å²) in [5, 5.41) is 13.4. The Morgan fingerprint density at radius 3 is 2.72 bits per heavy atom. The number of aryl methyl sites for hydroxylation is 3. The van der Waals surface area contributed by atoms with Crippen molar-refractivity contribution in [3.63, 3.8) is 0 Å². The monoisotopic (exact) mass is 429 g/mol. The van der Waals surface area contributed by atoms with Crippen LogP contribution in [0.5, 0.6) is 0 Å². The zero-order chi connectivity index (χ0) is 20.4. The first kappa shape index (κ1) is 20.0. The number of nitrogens with zero attached hydrogens (tertiary/aromatic N) is 2. The predicted molar refractivity (Wildman–Crippen MR) is 117 cm³/mol. The molecule has 0 saturated carbocycles. The number of hydrogen-bond acceptors (Lipinski definition) is 6. The maximum Gasteiger partial charge on any atom is 0.316 e. The third-order valence-corrected chi connectivity index (χ3v) is 7.35. The molecule has 29 heavy (non-hydrogen) atoms. The van der Waals surface area contributed by atoms with Crippen LogP contribution in [0.1, 0.15) is 40.2 Å². The normalized spacial score (nSPS) is 14.5. The lowest BCUT2D eigenvalue weighted by molar-refractivity contribution is -0.133. The van der Waals surface area contributed by atoms with E-state index in [4.69, 9.17) is 5.11 Å². The van der Waals surface area contributed by atoms with Crippen LogP contribution in [0.2, 0.25) is 0 Å². The molecule has 0 saturated heterocycles. The van der Waals surface area contributed by atoms with Gasteiger partial charge in [0, 0.05) is 22.2 Å². The molecule has 0 spiro atoms. The Kier molecular flexibility index (Phi) is 5.91. The van der Waals surface area contributed by atoms with E-state index in [1.54, 1.807) is 11.3 Å². The first-order valence-electron chi connectivity index (χ1n) is 9.67. The van der Waals surface area contributed by atoms with Gasteiger partial charge < -0.3 is 10.4 Å². The van der Waals surface area contributed by atoms with E-state index < -0.39 is 22.5 Å². The number of aromatic nitrogens is 2. The van der Waals surface area contributed by atoms with Crippen molar-refractivity contribution in [2.45, 2.75) is 44.9 Å². The highest BCUT2D eigenvalue weighted by Gasteiger charge is 2.22. The number of benzene rings is 1. The van der Waals surface area contributed by atoms with Crippen LogP contribution >= 0.6 is 11.3 Å². The summed E-state index contributed by atoms with van der Waals surface area (Å²) in [6, 6.07) is 8.35. The van der Waals surface area contributed by atoms with Gasteiger partial charge in [0.15, 0.2) is 0 Å². The van der Waals surface area contributed by atoms with Gasteiger partial charge in [0.25, 0.3) is 0 Å². The van der Waals surface area contributed by atoms with Crippen molar-refractivity contribution in [2.75, 3.05) is 11.1 Å². The van der Waals surface area contributed by atoms with Crippen molar-refractivity contribution in [2.24, 2.45) is 0 Å². The lowest BCUT2D eigenvalue weighted by Gasteiger charge is -2.13. The summed E-state index contributed by atoms with van der Waals surface area (Å²) >= 11 is 1.69. The zero-order valence-electron chi connectivity index (χ0n) is 16.2. The Morgan fingerprint density at radius 1 is 1.21 bits per heavy atom. The van der Waals surface area contributed by atoms with Gasteiger partial charge in [-0.3, -0.25) is 9.00 Å². The van der Waals surface area contributed by atoms with Crippen molar-refractivity contribution in [1.29, 1.82) is 0 Å². The molecule has 3 aromatic rings. The molecule has 152 valence electrons. The van der Waals surface area contributed by atoms with E-state index in [1.165, 1.54) is 28.8 Å². The molecule has 4 rings (SSSR count). The van der Waals surface area contributed by atoms with Gasteiger partial charge in [0.05, 0.1) is 11.1 Å². The van der Waals surface area contributed by atoms with E-state index in [9.17, 15) is 9.00 Å². The molecule has 1 aromatic carbocycles. The number of fused-ring (bicyclic) bond motifs is 3. The molecule has 0 bridgehead atoms. The number of carboxylic acid groups (broad SMARTS) is 1. The van der Waals surface area contributed by atoms with Gasteiger partial charge in [-0.05, 0) is 43.7 Å². The minimum atomic E-state index is -1.53. The fourth-order valence-electron chi connectivity index (χ4n) is 3.62. The second-order valence-electron chi connectivity index (χ2n) is 7.34. The third kappa shape index (κ3) is 4.64. The van der Waals surface area contributed by atoms with Crippen molar-refractivity contribution in [3.05, 3.63) is 51.7 Å². The van der Waals surface area contributed by atoms with E-state index in [0.717, 1.165) is 34.4 Å². The second-order valence-corrected chi connectivity index (χ2v) is 9.88. The van der Waals surface area contributed by atoms with Crippen LogP contribution in [-0.2, 0) is 40.7 Å². The number of rotatable bonds is 7. The Bertz CT molecular complexity index is 1080. The molecule has 2 N–H and O–H groups in total. The summed E-state index contributed by atoms with van der Waals surface area (Å²) in [4.78, 5) is 22.4. The average molecular weight is 430 g/mol. The van der Waals surface area contributed by atoms with Crippen molar-refractivity contribution < 1.29 is 14.1 Å². The maximum absolute atomic E-state index is 12.1. The van der Waals surface area contributed by atoms with Crippen LogP contribution in [0.25, 0.3) is 10.2 Å². The van der Waals surface area contributed by atoms with Crippen molar-refractivity contribution in [1.82, 2.24) is 9.97 Å². The summed E-state index contributed by atoms with van der Waals surface area (Å²) in [7, 11) is -1.53. The van der Waals surface area contributed by atoms with E-state index in [1.807, 2.05) is 0 Å². The molecule has 0 radical (unpaired) electrons. The van der Waals surface area contributed by atoms with Gasteiger partial charge in [-0.25, -0.2) is 9.97 Å². The average Bonchev–Trinajstić information content (AvgIpc) is 3.05. The quantitative estimate of drug-likeness (QED) is 0.593. The summed E-state index contributed by atoms with van der Waals surface area (Å²) in [6.07, 6.45) is 4.45. The Hall–Kier alpha value is -2.32. The lowest BCUT2D eigenvalue weighted by atomic mass is 9.97. The Labute approximate surface area is 175 Å². The van der Waals surface area contributed by atoms with Gasteiger partial charge in [0.2, 0.25) is 0 Å². The largest absolute Gasteiger partial charge is 0.481 e. The SMILES string of the molecule is Cc1ccc(CNc2nc(CS(=O)CC(=O)O)nc3sc4c(c23)CCCC4)cc1. The molecule has 2 aromatic heterocycles. The van der Waals surface area contributed by atoms with Crippen LogP contribution in [0.15, 0.2) is 24.3 Å². The summed E-state index contributed by atoms with van der Waals surface area (Å²) in [5.74, 6) is -0.230. The van der Waals surface area contributed by atoms with E-state index >= 15 is 0 Å². The van der Waals surface area contributed by atoms with Gasteiger partial charge in [-0.2, -0.15) is 0 Å². The molecule has 6 nitrogen and oxygen atoms in total. The molecule has 8 heteroatoms. The first-order chi connectivity index (χ1) is 14.0. The van der Waals surface area contributed by atoms with E-state index in [0.29, 0.717) is 12.4 Å². The molecule has 0 aliphatic heterocycles. The number of anilines is 1. The molecular weight excluding hydrogens is 406 g/mol. The molecular formula is C21H23N3O3S2. The molecule has 1 aliphatic carbocycles. The van der Waals surface area contributed by atoms with Gasteiger partial charge in [-0.1, -0.05) is 29.8 Å². The van der Waals surface area contributed by atoms with Crippen molar-refractivity contribution >= 4 is 44.1 Å². The fourth-order valence-corrected chi connectivity index (χ4v) is 5.69. The smallest absolute Gasteiger partial charge is 0.316 e. The summed E-state index contributed by atoms with van der Waals surface area (Å²) in [5.41, 5.74) is 3.71. The number of thiophene rings is 1. The summed E-state index contributed by atoms with van der Waals surface area (Å²) in [6.45, 7) is 2.70. The van der Waals surface area contributed by atoms with E-state index in [-0.39, 0.29) is 5.75 Å². The highest BCUT2D eigenvalue weighted by Crippen LogP contribution is 2.38. The Morgan fingerprint density at radius 2 is 1.97 bits per heavy atom. The van der Waals surface area contributed by atoms with Crippen molar-refractivity contribution in [3.8, 4) is 0 Å². The highest BCUT2D eigenvalue weighted by atomic mass is 32.2. The number of carboxylic acids is 1. The first-order valence-corrected chi connectivity index (χ1v) is 12.0. The lowest BCUT2D eigenvalue weighted by Crippen LogP contribution is -2.13. The molecule has 2 heterocycles. The topological polar surface area (TPSA) is 92.2 Å². The van der Waals surface area contributed by atoms with Gasteiger partial charge in [0.1, 0.15) is 22.2 Å². The van der Waals surface area contributed by atoms with Crippen LogP contribution in [-0.4, -0.2) is 31.0 Å². The predicted octanol–water partition coefficient (Wildman–Crippen LogP) is 3.82. The number of nitrogens with one attached hydrogen (secondary N) is 1. The van der Waals surface area contributed by atoms with E-state index in [2.05, 4.69) is 46.5 Å². The standard InChI is InChI=1S/C21H23N3O3S2/c1-13-6-8-14(9-7-13)10-22-20-19-15-4-2-3-5-16(15)28-21(19)24-17(23-20)11-29(27)12-18(25)26/h6-9H,2-5,10-12H2,1H3,(H,25,26)(H,22,23,24). The second kappa shape index (κ2) is 8.59. The minimum absolute atomic E-state index is 0.0457. The third-order valence-electron chi connectivity index (χ3n) is 5.02. The Balaban J connectivity index is 1.68. The fraction of sp³-hybridized carbons (Fsp3) is 0.381. The maximum atomic E-state index is 12.1. The molecule has 1 aliphatic rings. The number of hydrogen-bond donors (Lipinski definition) is 2. The van der Waals surface area contributed by atoms with Crippen LogP contribution in [0.3, 0.4) is 0 Å². The molecule has 0 amide bonds. The molecule has 0 fully saturated rings. The van der Waals surface area contributed by atoms with Crippen LogP contribution < -0.4 is 5.32 Å². The van der Waals surface area contributed by atoms with Gasteiger partial charge >= 0.3 is 5.97 Å². The minimum Gasteiger partial charge on any atom is -0.481 e. The number of carbonyl (C=O) groups is 1. The van der Waals surface area contributed by atoms with Gasteiger partial charge in [-0.15, -0.1) is 11.3 Å². The van der Waals surface area contributed by atoms with Crippen LogP contribution in [0, 0.1) is 6.92 Å². The zero-order valence-corrected chi connectivity index (χ0v) is 17.9. The molecule has 1 atom stereocenters. The summed E-state index contributed by atoms with van der Waals surface area (Å²) < 4.78 is 12.1. The highest BCUT2D eigenvalue weighted by molar-refractivity contribution is 7.84.